The molecule has 0 aliphatic carbocycles. The molecule has 1 saturated heterocycles. The van der Waals surface area contributed by atoms with Gasteiger partial charge in [0.05, 0.1) is 0 Å². The van der Waals surface area contributed by atoms with Gasteiger partial charge in [0.15, 0.2) is 0 Å². The van der Waals surface area contributed by atoms with Crippen LogP contribution in [0.4, 0.5) is 0 Å². The Morgan fingerprint density at radius 1 is 1.18 bits per heavy atom. The lowest BCUT2D eigenvalue weighted by molar-refractivity contribution is 0.0950. The summed E-state index contributed by atoms with van der Waals surface area (Å²) in [5.41, 5.74) is 0.931. The second-order valence-corrected chi connectivity index (χ2v) is 7.03. The monoisotopic (exact) mass is 303 g/mol. The van der Waals surface area contributed by atoms with Crippen LogP contribution in [0.1, 0.15) is 66.2 Å². The molecule has 0 aromatic rings. The molecule has 0 spiro atoms. The SMILES string of the molecule is CCCC(CBr)(CCC)CN1CCCC1(C)C. The van der Waals surface area contributed by atoms with Gasteiger partial charge < -0.3 is 0 Å². The van der Waals surface area contributed by atoms with Gasteiger partial charge in [-0.3, -0.25) is 4.90 Å². The van der Waals surface area contributed by atoms with Gasteiger partial charge in [0.25, 0.3) is 0 Å². The minimum absolute atomic E-state index is 0.425. The predicted octanol–water partition coefficient (Wildman–Crippen LogP) is 4.84. The Bertz CT molecular complexity index is 219. The van der Waals surface area contributed by atoms with Crippen molar-refractivity contribution >= 4 is 15.9 Å². The summed E-state index contributed by atoms with van der Waals surface area (Å²) in [4.78, 5) is 2.74. The Balaban J connectivity index is 2.70. The van der Waals surface area contributed by atoms with E-state index in [9.17, 15) is 0 Å². The zero-order valence-electron chi connectivity index (χ0n) is 12.2. The molecule has 1 rings (SSSR count). The van der Waals surface area contributed by atoms with Crippen molar-refractivity contribution in [3.05, 3.63) is 0 Å². The van der Waals surface area contributed by atoms with Gasteiger partial charge in [0.1, 0.15) is 0 Å². The summed E-state index contributed by atoms with van der Waals surface area (Å²) < 4.78 is 0. The van der Waals surface area contributed by atoms with E-state index < -0.39 is 0 Å². The summed E-state index contributed by atoms with van der Waals surface area (Å²) in [5, 5.41) is 1.16. The van der Waals surface area contributed by atoms with Gasteiger partial charge in [-0.05, 0) is 51.5 Å². The highest BCUT2D eigenvalue weighted by molar-refractivity contribution is 9.09. The lowest BCUT2D eigenvalue weighted by Crippen LogP contribution is -2.46. The Hall–Kier alpha value is 0.440. The number of likely N-dealkylation sites (tertiary alicyclic amines) is 1. The molecule has 1 aliphatic heterocycles. The minimum atomic E-state index is 0.425. The first kappa shape index (κ1) is 15.5. The van der Waals surface area contributed by atoms with E-state index in [-0.39, 0.29) is 0 Å². The van der Waals surface area contributed by atoms with Crippen LogP contribution in [0.15, 0.2) is 0 Å². The van der Waals surface area contributed by atoms with Gasteiger partial charge >= 0.3 is 0 Å². The van der Waals surface area contributed by atoms with Gasteiger partial charge in [0.2, 0.25) is 0 Å². The Morgan fingerprint density at radius 3 is 2.12 bits per heavy atom. The number of rotatable bonds is 7. The van der Waals surface area contributed by atoms with Crippen molar-refractivity contribution in [3.63, 3.8) is 0 Å². The van der Waals surface area contributed by atoms with E-state index in [0.29, 0.717) is 11.0 Å². The lowest BCUT2D eigenvalue weighted by atomic mass is 9.80. The first-order valence-corrected chi connectivity index (χ1v) is 8.43. The van der Waals surface area contributed by atoms with E-state index in [1.165, 1.54) is 51.6 Å². The van der Waals surface area contributed by atoms with Crippen LogP contribution in [0.5, 0.6) is 0 Å². The molecule has 0 saturated carbocycles. The van der Waals surface area contributed by atoms with Crippen molar-refractivity contribution in [1.82, 2.24) is 4.90 Å². The third kappa shape index (κ3) is 3.96. The largest absolute Gasteiger partial charge is 0.298 e. The molecule has 0 amide bonds. The third-order valence-electron chi connectivity index (χ3n) is 4.44. The van der Waals surface area contributed by atoms with Crippen LogP contribution in [-0.4, -0.2) is 28.9 Å². The fraction of sp³-hybridized carbons (Fsp3) is 1.00. The highest BCUT2D eigenvalue weighted by Gasteiger charge is 2.38. The van der Waals surface area contributed by atoms with E-state index in [0.717, 1.165) is 5.33 Å². The van der Waals surface area contributed by atoms with E-state index >= 15 is 0 Å². The van der Waals surface area contributed by atoms with Crippen molar-refractivity contribution in [1.29, 1.82) is 0 Å². The van der Waals surface area contributed by atoms with Gasteiger partial charge in [-0.1, -0.05) is 42.6 Å². The van der Waals surface area contributed by atoms with Crippen molar-refractivity contribution in [2.75, 3.05) is 18.4 Å². The van der Waals surface area contributed by atoms with E-state index in [1.54, 1.807) is 0 Å². The van der Waals surface area contributed by atoms with Crippen LogP contribution in [-0.2, 0) is 0 Å². The molecule has 0 atom stereocenters. The summed E-state index contributed by atoms with van der Waals surface area (Å²) in [6.07, 6.45) is 8.07. The number of halogens is 1. The normalized spacial score (nSPS) is 21.0. The molecule has 0 aromatic carbocycles. The molecule has 1 nitrogen and oxygen atoms in total. The van der Waals surface area contributed by atoms with Gasteiger partial charge in [-0.2, -0.15) is 0 Å². The molecule has 102 valence electrons. The first-order valence-electron chi connectivity index (χ1n) is 7.31. The van der Waals surface area contributed by atoms with Crippen molar-refractivity contribution in [2.45, 2.75) is 71.8 Å². The van der Waals surface area contributed by atoms with E-state index in [2.05, 4.69) is 48.5 Å². The van der Waals surface area contributed by atoms with Crippen LogP contribution < -0.4 is 0 Å². The maximum absolute atomic E-state index is 3.79. The molecular weight excluding hydrogens is 274 g/mol. The molecule has 0 bridgehead atoms. The topological polar surface area (TPSA) is 3.24 Å². The summed E-state index contributed by atoms with van der Waals surface area (Å²) in [5.74, 6) is 0. The maximum atomic E-state index is 3.79. The summed E-state index contributed by atoms with van der Waals surface area (Å²) in [7, 11) is 0. The molecule has 1 fully saturated rings. The molecule has 17 heavy (non-hydrogen) atoms. The van der Waals surface area contributed by atoms with Crippen molar-refractivity contribution in [2.24, 2.45) is 5.41 Å². The average Bonchev–Trinajstić information content (AvgIpc) is 2.59. The minimum Gasteiger partial charge on any atom is -0.298 e. The van der Waals surface area contributed by atoms with Crippen LogP contribution in [0, 0.1) is 5.41 Å². The highest BCUT2D eigenvalue weighted by atomic mass is 79.9. The number of hydrogen-bond acceptors (Lipinski definition) is 1. The zero-order valence-corrected chi connectivity index (χ0v) is 13.8. The van der Waals surface area contributed by atoms with E-state index in [4.69, 9.17) is 0 Å². The van der Waals surface area contributed by atoms with Gasteiger partial charge in [-0.15, -0.1) is 0 Å². The number of hydrogen-bond donors (Lipinski definition) is 0. The van der Waals surface area contributed by atoms with Crippen LogP contribution >= 0.6 is 15.9 Å². The van der Waals surface area contributed by atoms with Crippen molar-refractivity contribution in [3.8, 4) is 0 Å². The summed E-state index contributed by atoms with van der Waals surface area (Å²) in [6, 6.07) is 0. The molecule has 1 heterocycles. The zero-order chi connectivity index (χ0) is 12.9. The Labute approximate surface area is 116 Å². The Kier molecular flexibility index (Phi) is 5.98. The standard InChI is InChI=1S/C15H30BrN/c1-5-8-15(12-16,9-6-2)13-17-11-7-10-14(17,3)4/h5-13H2,1-4H3. The maximum Gasteiger partial charge on any atom is 0.0153 e. The van der Waals surface area contributed by atoms with E-state index in [1.807, 2.05) is 0 Å². The van der Waals surface area contributed by atoms with Crippen LogP contribution in [0.25, 0.3) is 0 Å². The average molecular weight is 304 g/mol. The molecule has 1 aliphatic rings. The number of nitrogens with zero attached hydrogens (tertiary/aromatic N) is 1. The molecule has 0 radical (unpaired) electrons. The molecule has 0 unspecified atom stereocenters. The van der Waals surface area contributed by atoms with Crippen LogP contribution in [0.2, 0.25) is 0 Å². The fourth-order valence-corrected chi connectivity index (χ4v) is 4.12. The second-order valence-electron chi connectivity index (χ2n) is 6.47. The Morgan fingerprint density at radius 2 is 1.76 bits per heavy atom. The fourth-order valence-electron chi connectivity index (χ4n) is 3.38. The van der Waals surface area contributed by atoms with Gasteiger partial charge in [0, 0.05) is 17.4 Å². The summed E-state index contributed by atoms with van der Waals surface area (Å²) >= 11 is 3.79. The highest BCUT2D eigenvalue weighted by Crippen LogP contribution is 2.38. The van der Waals surface area contributed by atoms with Crippen molar-refractivity contribution < 1.29 is 0 Å². The lowest BCUT2D eigenvalue weighted by Gasteiger charge is -2.41. The second kappa shape index (κ2) is 6.56. The predicted molar refractivity (Wildman–Crippen MR) is 80.9 cm³/mol. The quantitative estimate of drug-likeness (QED) is 0.608. The molecule has 0 aromatic heterocycles. The number of alkyl halides is 1. The van der Waals surface area contributed by atoms with Crippen LogP contribution in [0.3, 0.4) is 0 Å². The first-order chi connectivity index (χ1) is 7.99. The molecule has 0 N–H and O–H groups in total. The van der Waals surface area contributed by atoms with Gasteiger partial charge in [-0.25, -0.2) is 0 Å². The smallest absolute Gasteiger partial charge is 0.0153 e. The summed E-state index contributed by atoms with van der Waals surface area (Å²) in [6.45, 7) is 12.1. The molecular formula is C15H30BrN. The molecule has 2 heteroatoms. The third-order valence-corrected chi connectivity index (χ3v) is 5.63.